The van der Waals surface area contributed by atoms with Crippen molar-refractivity contribution in [2.24, 2.45) is 5.92 Å². The third kappa shape index (κ3) is 5.60. The van der Waals surface area contributed by atoms with Gasteiger partial charge in [-0.1, -0.05) is 67.9 Å². The first-order valence-corrected chi connectivity index (χ1v) is 9.10. The molecule has 1 atom stereocenters. The molecule has 0 heterocycles. The second-order valence-corrected chi connectivity index (χ2v) is 7.16. The third-order valence-electron chi connectivity index (χ3n) is 4.03. The van der Waals surface area contributed by atoms with Crippen molar-refractivity contribution in [1.82, 2.24) is 10.2 Å². The number of benzene rings is 2. The van der Waals surface area contributed by atoms with Gasteiger partial charge in [0.05, 0.1) is 0 Å². The first kappa shape index (κ1) is 20.0. The van der Waals surface area contributed by atoms with Gasteiger partial charge in [0.1, 0.15) is 6.04 Å². The number of amides is 2. The molecule has 4 nitrogen and oxygen atoms in total. The molecule has 0 unspecified atom stereocenters. The summed E-state index contributed by atoms with van der Waals surface area (Å²) in [4.78, 5) is 26.9. The molecule has 2 aromatic rings. The molecule has 138 valence electrons. The smallest absolute Gasteiger partial charge is 0.247 e. The van der Waals surface area contributed by atoms with Crippen molar-refractivity contribution < 1.29 is 9.59 Å². The summed E-state index contributed by atoms with van der Waals surface area (Å²) in [6, 6.07) is 16.0. The van der Waals surface area contributed by atoms with Crippen LogP contribution in [0.25, 0.3) is 0 Å². The van der Waals surface area contributed by atoms with Crippen molar-refractivity contribution in [3.8, 4) is 0 Å². The van der Waals surface area contributed by atoms with Crippen molar-refractivity contribution in [3.63, 3.8) is 0 Å². The lowest BCUT2D eigenvalue weighted by Gasteiger charge is -2.31. The SMILES string of the molecule is CC(=O)N(Cc1ccc(Cl)cc1)[C@@H](C(=O)NCC(C)C)c1ccccc1. The molecule has 0 bridgehead atoms. The van der Waals surface area contributed by atoms with Gasteiger partial charge in [0.15, 0.2) is 0 Å². The minimum absolute atomic E-state index is 0.159. The highest BCUT2D eigenvalue weighted by atomic mass is 35.5. The van der Waals surface area contributed by atoms with Crippen LogP contribution in [-0.4, -0.2) is 23.3 Å². The Morgan fingerprint density at radius 3 is 2.19 bits per heavy atom. The quantitative estimate of drug-likeness (QED) is 0.791. The predicted molar refractivity (Wildman–Crippen MR) is 105 cm³/mol. The van der Waals surface area contributed by atoms with Gasteiger partial charge in [-0.2, -0.15) is 0 Å². The van der Waals surface area contributed by atoms with E-state index in [1.807, 2.05) is 56.3 Å². The summed E-state index contributed by atoms with van der Waals surface area (Å²) in [5.41, 5.74) is 1.71. The van der Waals surface area contributed by atoms with Gasteiger partial charge in [0.25, 0.3) is 0 Å². The second-order valence-electron chi connectivity index (χ2n) is 6.73. The number of nitrogens with zero attached hydrogens (tertiary/aromatic N) is 1. The number of carbonyl (C=O) groups is 2. The van der Waals surface area contributed by atoms with Gasteiger partial charge in [-0.25, -0.2) is 0 Å². The molecule has 0 saturated carbocycles. The Morgan fingerprint density at radius 1 is 1.04 bits per heavy atom. The van der Waals surface area contributed by atoms with Crippen LogP contribution in [0.3, 0.4) is 0 Å². The Bertz CT molecular complexity index is 729. The van der Waals surface area contributed by atoms with Gasteiger partial charge in [0, 0.05) is 25.0 Å². The van der Waals surface area contributed by atoms with Gasteiger partial charge in [0.2, 0.25) is 11.8 Å². The van der Waals surface area contributed by atoms with E-state index < -0.39 is 6.04 Å². The molecule has 0 radical (unpaired) electrons. The van der Waals surface area contributed by atoms with Gasteiger partial charge < -0.3 is 10.2 Å². The summed E-state index contributed by atoms with van der Waals surface area (Å²) in [5.74, 6) is -0.0000184. The molecule has 5 heteroatoms. The zero-order valence-corrected chi connectivity index (χ0v) is 16.2. The number of hydrogen-bond acceptors (Lipinski definition) is 2. The van der Waals surface area contributed by atoms with Crippen molar-refractivity contribution in [2.45, 2.75) is 33.4 Å². The van der Waals surface area contributed by atoms with Gasteiger partial charge in [-0.3, -0.25) is 9.59 Å². The minimum Gasteiger partial charge on any atom is -0.354 e. The summed E-state index contributed by atoms with van der Waals surface area (Å²) in [5, 5.41) is 3.59. The van der Waals surface area contributed by atoms with Crippen LogP contribution in [0.4, 0.5) is 0 Å². The average Bonchev–Trinajstić information content (AvgIpc) is 2.62. The zero-order valence-electron chi connectivity index (χ0n) is 15.4. The molecule has 0 aliphatic heterocycles. The normalized spacial score (nSPS) is 11.9. The molecule has 2 rings (SSSR count). The van der Waals surface area contributed by atoms with Crippen LogP contribution < -0.4 is 5.32 Å². The third-order valence-corrected chi connectivity index (χ3v) is 4.28. The van der Waals surface area contributed by atoms with Crippen molar-refractivity contribution >= 4 is 23.4 Å². The molecular weight excluding hydrogens is 348 g/mol. The Hall–Kier alpha value is -2.33. The van der Waals surface area contributed by atoms with Crippen molar-refractivity contribution in [3.05, 3.63) is 70.7 Å². The van der Waals surface area contributed by atoms with Crippen LogP contribution in [0.2, 0.25) is 5.02 Å². The topological polar surface area (TPSA) is 49.4 Å². The summed E-state index contributed by atoms with van der Waals surface area (Å²) in [6.45, 7) is 6.46. The number of rotatable bonds is 7. The number of nitrogens with one attached hydrogen (secondary N) is 1. The fraction of sp³-hybridized carbons (Fsp3) is 0.333. The Kier molecular flexibility index (Phi) is 7.22. The van der Waals surface area contributed by atoms with Crippen LogP contribution in [0.15, 0.2) is 54.6 Å². The van der Waals surface area contributed by atoms with E-state index in [0.717, 1.165) is 11.1 Å². The second kappa shape index (κ2) is 9.39. The van der Waals surface area contributed by atoms with Crippen LogP contribution >= 0.6 is 11.6 Å². The first-order valence-electron chi connectivity index (χ1n) is 8.72. The lowest BCUT2D eigenvalue weighted by atomic mass is 10.0. The van der Waals surface area contributed by atoms with Crippen LogP contribution in [0.5, 0.6) is 0 Å². The van der Waals surface area contributed by atoms with Crippen LogP contribution in [0, 0.1) is 5.92 Å². The highest BCUT2D eigenvalue weighted by Gasteiger charge is 2.29. The molecular formula is C21H25ClN2O2. The monoisotopic (exact) mass is 372 g/mol. The lowest BCUT2D eigenvalue weighted by molar-refractivity contribution is -0.140. The van der Waals surface area contributed by atoms with E-state index in [1.165, 1.54) is 6.92 Å². The zero-order chi connectivity index (χ0) is 19.1. The molecule has 0 spiro atoms. The minimum atomic E-state index is -0.678. The van der Waals surface area contributed by atoms with Crippen molar-refractivity contribution in [2.75, 3.05) is 6.54 Å². The molecule has 0 aromatic heterocycles. The fourth-order valence-electron chi connectivity index (χ4n) is 2.68. The maximum atomic E-state index is 12.9. The highest BCUT2D eigenvalue weighted by molar-refractivity contribution is 6.30. The number of carbonyl (C=O) groups excluding carboxylic acids is 2. The van der Waals surface area contributed by atoms with E-state index in [9.17, 15) is 9.59 Å². The van der Waals surface area contributed by atoms with E-state index in [-0.39, 0.29) is 11.8 Å². The maximum Gasteiger partial charge on any atom is 0.247 e. The van der Waals surface area contributed by atoms with Crippen LogP contribution in [0.1, 0.15) is 37.9 Å². The van der Waals surface area contributed by atoms with Gasteiger partial charge in [-0.15, -0.1) is 0 Å². The fourth-order valence-corrected chi connectivity index (χ4v) is 2.81. The summed E-state index contributed by atoms with van der Waals surface area (Å²) in [7, 11) is 0. The van der Waals surface area contributed by atoms with Gasteiger partial charge in [-0.05, 0) is 29.2 Å². The van der Waals surface area contributed by atoms with Crippen molar-refractivity contribution in [1.29, 1.82) is 0 Å². The van der Waals surface area contributed by atoms with E-state index in [4.69, 9.17) is 11.6 Å². The van der Waals surface area contributed by atoms with Crippen LogP contribution in [-0.2, 0) is 16.1 Å². The highest BCUT2D eigenvalue weighted by Crippen LogP contribution is 2.24. The maximum absolute atomic E-state index is 12.9. The average molecular weight is 373 g/mol. The first-order chi connectivity index (χ1) is 12.4. The number of hydrogen-bond donors (Lipinski definition) is 1. The molecule has 2 aromatic carbocycles. The Balaban J connectivity index is 2.33. The van der Waals surface area contributed by atoms with Gasteiger partial charge >= 0.3 is 0 Å². The largest absolute Gasteiger partial charge is 0.354 e. The van der Waals surface area contributed by atoms with E-state index in [2.05, 4.69) is 5.32 Å². The molecule has 1 N–H and O–H groups in total. The number of halogens is 1. The van der Waals surface area contributed by atoms with E-state index >= 15 is 0 Å². The molecule has 0 aliphatic carbocycles. The molecule has 26 heavy (non-hydrogen) atoms. The Morgan fingerprint density at radius 2 is 1.65 bits per heavy atom. The summed E-state index contributed by atoms with van der Waals surface area (Å²) in [6.07, 6.45) is 0. The molecule has 0 fully saturated rings. The summed E-state index contributed by atoms with van der Waals surface area (Å²) < 4.78 is 0. The predicted octanol–water partition coefficient (Wildman–Crippen LogP) is 4.20. The summed E-state index contributed by atoms with van der Waals surface area (Å²) >= 11 is 5.95. The lowest BCUT2D eigenvalue weighted by Crippen LogP contribution is -2.43. The molecule has 2 amide bonds. The standard InChI is InChI=1S/C21H25ClN2O2/c1-15(2)13-23-21(26)20(18-7-5-4-6-8-18)24(16(3)25)14-17-9-11-19(22)12-10-17/h4-12,15,20H,13-14H2,1-3H3,(H,23,26)/t20-/m1/s1. The molecule has 0 saturated heterocycles. The molecule has 0 aliphatic rings. The van der Waals surface area contributed by atoms with E-state index in [1.54, 1.807) is 17.0 Å². The Labute approximate surface area is 160 Å². The van der Waals surface area contributed by atoms with E-state index in [0.29, 0.717) is 24.0 Å².